The summed E-state index contributed by atoms with van der Waals surface area (Å²) in [6.45, 7) is 8.42. The van der Waals surface area contributed by atoms with E-state index in [0.29, 0.717) is 28.4 Å². The number of carbonyl (C=O) groups excluding carboxylic acids is 1. The number of amides is 1. The fourth-order valence-electron chi connectivity index (χ4n) is 7.98. The van der Waals surface area contributed by atoms with Crippen LogP contribution in [0.1, 0.15) is 73.8 Å². The Morgan fingerprint density at radius 1 is 0.877 bits per heavy atom. The van der Waals surface area contributed by atoms with Crippen molar-refractivity contribution in [3.8, 4) is 28.9 Å². The number of hydrogen-bond acceptors (Lipinski definition) is 12. The molecule has 1 unspecified atom stereocenters. The number of rotatable bonds is 20. The number of carbonyl (C=O) groups is 1. The number of nitriles is 1. The van der Waals surface area contributed by atoms with Crippen LogP contribution in [-0.4, -0.2) is 71.9 Å². The minimum atomic E-state index is -1.75. The van der Waals surface area contributed by atoms with Crippen molar-refractivity contribution < 1.29 is 37.2 Å². The molecule has 0 bridgehead atoms. The van der Waals surface area contributed by atoms with E-state index in [1.807, 2.05) is 84.9 Å². The van der Waals surface area contributed by atoms with Gasteiger partial charge < -0.3 is 37.7 Å². The molecule has 0 spiro atoms. The maximum absolute atomic E-state index is 14.2. The van der Waals surface area contributed by atoms with Crippen LogP contribution in [0.15, 0.2) is 143 Å². The van der Waals surface area contributed by atoms with Crippen LogP contribution in [-0.2, 0) is 24.1 Å². The minimum Gasteiger partial charge on any atom is -0.497 e. The lowest BCUT2D eigenvalue weighted by molar-refractivity contribution is -0.0925. The lowest BCUT2D eigenvalue weighted by Gasteiger charge is -2.39. The van der Waals surface area contributed by atoms with Crippen molar-refractivity contribution in [2.45, 2.75) is 76.7 Å². The number of nitrogens with zero attached hydrogens (tertiary/aromatic N) is 4. The number of nitrogens with one attached hydrogen (secondary N) is 1. The molecule has 338 valence electrons. The first-order valence-electron chi connectivity index (χ1n) is 21.5. The minimum absolute atomic E-state index is 0.0166. The molecule has 65 heavy (non-hydrogen) atoms. The third-order valence-electron chi connectivity index (χ3n) is 11.0. The van der Waals surface area contributed by atoms with Crippen molar-refractivity contribution in [2.75, 3.05) is 32.8 Å². The third-order valence-corrected chi connectivity index (χ3v) is 13.2. The fourth-order valence-corrected chi connectivity index (χ4v) is 9.73. The van der Waals surface area contributed by atoms with E-state index < -0.39 is 44.2 Å². The Kier molecular flexibility index (Phi) is 15.6. The second-order valence-corrected chi connectivity index (χ2v) is 17.3. The van der Waals surface area contributed by atoms with Crippen molar-refractivity contribution in [1.82, 2.24) is 14.2 Å². The Morgan fingerprint density at radius 2 is 1.48 bits per heavy atom. The Labute approximate surface area is 380 Å². The highest BCUT2D eigenvalue weighted by atomic mass is 31.2. The summed E-state index contributed by atoms with van der Waals surface area (Å²) >= 11 is 0. The predicted molar refractivity (Wildman–Crippen MR) is 247 cm³/mol. The van der Waals surface area contributed by atoms with E-state index in [0.717, 1.165) is 16.7 Å². The third kappa shape index (κ3) is 10.7. The molecule has 1 saturated heterocycles. The number of benzene rings is 4. The van der Waals surface area contributed by atoms with E-state index in [-0.39, 0.29) is 44.0 Å². The van der Waals surface area contributed by atoms with Crippen LogP contribution in [0.5, 0.6) is 11.5 Å². The van der Waals surface area contributed by atoms with Crippen molar-refractivity contribution in [2.24, 2.45) is 0 Å². The van der Waals surface area contributed by atoms with E-state index in [9.17, 15) is 14.9 Å². The molecular formula is C50H54N5O9P. The lowest BCUT2D eigenvalue weighted by atomic mass is 9.80. The normalized spacial score (nSPS) is 16.7. The number of ether oxygens (including phenoxy) is 4. The first-order valence-corrected chi connectivity index (χ1v) is 22.6. The summed E-state index contributed by atoms with van der Waals surface area (Å²) in [6.07, 6.45) is 1.09. The molecule has 6 aromatic rings. The smallest absolute Gasteiger partial charge is 0.351 e. The molecule has 1 aliphatic rings. The average Bonchev–Trinajstić information content (AvgIpc) is 4.01. The summed E-state index contributed by atoms with van der Waals surface area (Å²) in [6, 6.07) is 39.7. The molecule has 15 heteroatoms. The van der Waals surface area contributed by atoms with Crippen LogP contribution in [0, 0.1) is 11.3 Å². The lowest BCUT2D eigenvalue weighted by Crippen LogP contribution is -2.39. The number of hydrogen-bond donors (Lipinski definition) is 1. The van der Waals surface area contributed by atoms with Crippen LogP contribution in [0.4, 0.5) is 5.82 Å². The van der Waals surface area contributed by atoms with Crippen LogP contribution in [0.2, 0.25) is 0 Å². The highest BCUT2D eigenvalue weighted by Crippen LogP contribution is 2.51. The zero-order chi connectivity index (χ0) is 45.9. The van der Waals surface area contributed by atoms with Crippen LogP contribution in [0.25, 0.3) is 11.3 Å². The van der Waals surface area contributed by atoms with Crippen LogP contribution < -0.4 is 20.5 Å². The molecule has 1 amide bonds. The molecule has 1 fully saturated rings. The quantitative estimate of drug-likeness (QED) is 0.0440. The number of furan rings is 1. The molecule has 0 aliphatic carbocycles. The van der Waals surface area contributed by atoms with E-state index >= 15 is 0 Å². The summed E-state index contributed by atoms with van der Waals surface area (Å²) in [5.74, 6) is 1.34. The van der Waals surface area contributed by atoms with Gasteiger partial charge in [-0.25, -0.2) is 9.46 Å². The topological polar surface area (TPSA) is 160 Å². The zero-order valence-electron chi connectivity index (χ0n) is 37.3. The fraction of sp³-hybridized carbons (Fsp3) is 0.320. The first kappa shape index (κ1) is 46.8. The summed E-state index contributed by atoms with van der Waals surface area (Å²) in [4.78, 5) is 31.9. The van der Waals surface area contributed by atoms with E-state index in [1.54, 1.807) is 56.8 Å². The summed E-state index contributed by atoms with van der Waals surface area (Å²) in [5, 5.41) is 12.3. The molecule has 1 aliphatic heterocycles. The number of aromatic nitrogens is 2. The van der Waals surface area contributed by atoms with Gasteiger partial charge in [0.05, 0.1) is 57.9 Å². The highest BCUT2D eigenvalue weighted by molar-refractivity contribution is 7.44. The van der Waals surface area contributed by atoms with Gasteiger partial charge in [0.25, 0.3) is 14.4 Å². The molecule has 4 aromatic carbocycles. The number of methoxy groups -OCH3 is 2. The first-order chi connectivity index (χ1) is 31.6. The van der Waals surface area contributed by atoms with Crippen LogP contribution >= 0.6 is 8.53 Å². The van der Waals surface area contributed by atoms with Crippen molar-refractivity contribution >= 4 is 20.3 Å². The van der Waals surface area contributed by atoms with Crippen molar-refractivity contribution in [1.29, 1.82) is 5.26 Å². The van der Waals surface area contributed by atoms with Crippen molar-refractivity contribution in [3.63, 3.8) is 0 Å². The SMILES string of the molecule is COc1ccc(C(OC[C@H]2O[C@@H](n3cc(-c4ccco4)c(NC(=O)c4ccccc4)nc3=O)C[C@@H]2OP(OCCC#N)N(C(C)C)C(C)C)(c2ccccc2)c2ccc(OC)cc2)cc1. The van der Waals surface area contributed by atoms with Gasteiger partial charge in [-0.05, 0) is 92.9 Å². The van der Waals surface area contributed by atoms with Gasteiger partial charge in [-0.15, -0.1) is 0 Å². The molecule has 7 rings (SSSR count). The van der Waals surface area contributed by atoms with E-state index in [2.05, 4.69) is 48.7 Å². The maximum atomic E-state index is 14.2. The maximum Gasteiger partial charge on any atom is 0.351 e. The second kappa shape index (κ2) is 21.7. The van der Waals surface area contributed by atoms with Crippen molar-refractivity contribution in [3.05, 3.63) is 167 Å². The Balaban J connectivity index is 1.32. The predicted octanol–water partition coefficient (Wildman–Crippen LogP) is 9.73. The number of anilines is 1. The largest absolute Gasteiger partial charge is 0.497 e. The van der Waals surface area contributed by atoms with Gasteiger partial charge in [-0.2, -0.15) is 10.2 Å². The monoisotopic (exact) mass is 899 g/mol. The molecule has 2 aromatic heterocycles. The zero-order valence-corrected chi connectivity index (χ0v) is 38.2. The molecule has 0 saturated carbocycles. The summed E-state index contributed by atoms with van der Waals surface area (Å²) in [5.41, 5.74) is 1.42. The Bertz CT molecular complexity index is 2490. The highest BCUT2D eigenvalue weighted by Gasteiger charge is 2.45. The van der Waals surface area contributed by atoms with E-state index in [4.69, 9.17) is 32.4 Å². The summed E-state index contributed by atoms with van der Waals surface area (Å²) < 4.78 is 48.1. The Hall–Kier alpha value is -6.17. The van der Waals surface area contributed by atoms with Gasteiger partial charge >= 0.3 is 5.69 Å². The van der Waals surface area contributed by atoms with E-state index in [1.165, 1.54) is 10.8 Å². The summed E-state index contributed by atoms with van der Waals surface area (Å²) in [7, 11) is 1.50. The second-order valence-electron chi connectivity index (χ2n) is 15.9. The van der Waals surface area contributed by atoms with Gasteiger partial charge in [0.1, 0.15) is 35.2 Å². The molecule has 1 N–H and O–H groups in total. The molecule has 4 atom stereocenters. The van der Waals surface area contributed by atoms with Crippen LogP contribution in [0.3, 0.4) is 0 Å². The molecule has 14 nitrogen and oxygen atoms in total. The average molecular weight is 900 g/mol. The van der Waals surface area contributed by atoms with Gasteiger partial charge in [-0.1, -0.05) is 72.8 Å². The molecule has 0 radical (unpaired) electrons. The van der Waals surface area contributed by atoms with Gasteiger partial charge in [-0.3, -0.25) is 9.36 Å². The molecule has 3 heterocycles. The molecular weight excluding hydrogens is 846 g/mol. The van der Waals surface area contributed by atoms with Gasteiger partial charge in [0, 0.05) is 30.3 Å². The standard InChI is InChI=1S/C50H54N5O9P/c1-34(2)55(35(3)4)65(62-30-14-28-51)64-44-31-46(54-32-42(43-19-13-29-60-43)47(53-49(54)57)52-48(56)36-15-9-7-10-16-36)63-45(44)33-61-50(37-17-11-8-12-18-37,38-20-24-40(58-5)25-21-38)39-22-26-41(59-6)27-23-39/h7-13,15-27,29,32,34-35,44-46H,14,30-31,33H2,1-6H3,(H,52,53,56,57)/t44-,45+,46+,65?/m0/s1. The van der Waals surface area contributed by atoms with Gasteiger partial charge in [0.2, 0.25) is 0 Å². The Morgan fingerprint density at radius 3 is 2.03 bits per heavy atom. The van der Waals surface area contributed by atoms with Gasteiger partial charge in [0.15, 0.2) is 5.82 Å².